The molecular formula is C17H17FO2S. The van der Waals surface area contributed by atoms with Gasteiger partial charge in [0.15, 0.2) is 0 Å². The summed E-state index contributed by atoms with van der Waals surface area (Å²) < 4.78 is 14.0. The van der Waals surface area contributed by atoms with Crippen LogP contribution in [0.15, 0.2) is 36.4 Å². The molecule has 0 bridgehead atoms. The van der Waals surface area contributed by atoms with Crippen LogP contribution in [0.4, 0.5) is 4.39 Å². The molecule has 21 heavy (non-hydrogen) atoms. The summed E-state index contributed by atoms with van der Waals surface area (Å²) in [6.07, 6.45) is 0. The number of thioether (sulfide) groups is 1. The molecule has 2 aromatic rings. The van der Waals surface area contributed by atoms with Gasteiger partial charge < -0.3 is 5.11 Å². The SMILES string of the molecule is Cc1cc(C)cc(CSCc2cccc(C(=O)O)c2F)c1. The lowest BCUT2D eigenvalue weighted by molar-refractivity contribution is 0.0691. The van der Waals surface area contributed by atoms with Crippen molar-refractivity contribution in [2.45, 2.75) is 25.4 Å². The van der Waals surface area contributed by atoms with E-state index in [0.717, 1.165) is 5.75 Å². The van der Waals surface area contributed by atoms with Crippen molar-refractivity contribution in [2.75, 3.05) is 0 Å². The van der Waals surface area contributed by atoms with Crippen LogP contribution in [-0.2, 0) is 11.5 Å². The molecular weight excluding hydrogens is 287 g/mol. The van der Waals surface area contributed by atoms with Crippen LogP contribution in [0, 0.1) is 19.7 Å². The third kappa shape index (κ3) is 4.08. The number of rotatable bonds is 5. The summed E-state index contributed by atoms with van der Waals surface area (Å²) >= 11 is 1.58. The van der Waals surface area contributed by atoms with Crippen LogP contribution in [0.1, 0.15) is 32.6 Å². The Morgan fingerprint density at radius 3 is 2.43 bits per heavy atom. The van der Waals surface area contributed by atoms with E-state index in [1.807, 2.05) is 0 Å². The number of aryl methyl sites for hydroxylation is 2. The average Bonchev–Trinajstić information content (AvgIpc) is 2.39. The van der Waals surface area contributed by atoms with Gasteiger partial charge in [0.05, 0.1) is 5.56 Å². The number of hydrogen-bond acceptors (Lipinski definition) is 2. The van der Waals surface area contributed by atoms with Gasteiger partial charge in [0.2, 0.25) is 0 Å². The number of carbonyl (C=O) groups is 1. The number of carboxylic acid groups (broad SMARTS) is 1. The maximum atomic E-state index is 14.0. The van der Waals surface area contributed by atoms with Gasteiger partial charge in [-0.2, -0.15) is 11.8 Å². The van der Waals surface area contributed by atoms with Gasteiger partial charge in [-0.3, -0.25) is 0 Å². The normalized spacial score (nSPS) is 10.6. The van der Waals surface area contributed by atoms with Gasteiger partial charge in [-0.05, 0) is 31.0 Å². The molecule has 0 radical (unpaired) electrons. The summed E-state index contributed by atoms with van der Waals surface area (Å²) in [6.45, 7) is 4.11. The molecule has 0 heterocycles. The third-order valence-corrected chi connectivity index (χ3v) is 4.17. The largest absolute Gasteiger partial charge is 0.478 e. The third-order valence-electron chi connectivity index (χ3n) is 3.12. The Hall–Kier alpha value is -1.81. The first-order valence-corrected chi connectivity index (χ1v) is 7.78. The second-order valence-corrected chi connectivity index (χ2v) is 6.06. The molecule has 0 aliphatic rings. The molecule has 0 aliphatic heterocycles. The van der Waals surface area contributed by atoms with E-state index in [2.05, 4.69) is 32.0 Å². The molecule has 0 saturated carbocycles. The standard InChI is InChI=1S/C17H17FO2S/c1-11-6-12(2)8-13(7-11)9-21-10-14-4-3-5-15(16(14)18)17(19)20/h3-8H,9-10H2,1-2H3,(H,19,20). The van der Waals surface area contributed by atoms with Crippen molar-refractivity contribution < 1.29 is 14.3 Å². The van der Waals surface area contributed by atoms with Gasteiger partial charge in [0.1, 0.15) is 5.82 Å². The van der Waals surface area contributed by atoms with Crippen molar-refractivity contribution >= 4 is 17.7 Å². The van der Waals surface area contributed by atoms with Crippen molar-refractivity contribution in [2.24, 2.45) is 0 Å². The Morgan fingerprint density at radius 2 is 1.81 bits per heavy atom. The highest BCUT2D eigenvalue weighted by Crippen LogP contribution is 2.22. The Kier molecular flexibility index (Phi) is 5.02. The van der Waals surface area contributed by atoms with E-state index in [-0.39, 0.29) is 5.56 Å². The number of carboxylic acids is 1. The van der Waals surface area contributed by atoms with E-state index < -0.39 is 11.8 Å². The Labute approximate surface area is 128 Å². The fourth-order valence-corrected chi connectivity index (χ4v) is 3.23. The number of benzene rings is 2. The molecule has 2 rings (SSSR count). The maximum absolute atomic E-state index is 14.0. The zero-order valence-electron chi connectivity index (χ0n) is 12.0. The maximum Gasteiger partial charge on any atom is 0.338 e. The zero-order valence-corrected chi connectivity index (χ0v) is 12.8. The summed E-state index contributed by atoms with van der Waals surface area (Å²) in [7, 11) is 0. The molecule has 0 unspecified atom stereocenters. The van der Waals surface area contributed by atoms with E-state index in [4.69, 9.17) is 5.11 Å². The van der Waals surface area contributed by atoms with Crippen molar-refractivity contribution in [1.82, 2.24) is 0 Å². The van der Waals surface area contributed by atoms with E-state index >= 15 is 0 Å². The van der Waals surface area contributed by atoms with Crippen molar-refractivity contribution in [3.05, 3.63) is 70.0 Å². The minimum Gasteiger partial charge on any atom is -0.478 e. The second kappa shape index (κ2) is 6.76. The lowest BCUT2D eigenvalue weighted by Crippen LogP contribution is -2.03. The lowest BCUT2D eigenvalue weighted by Gasteiger charge is -2.07. The molecule has 0 amide bonds. The van der Waals surface area contributed by atoms with Crippen LogP contribution in [0.25, 0.3) is 0 Å². The first-order chi connectivity index (χ1) is 9.97. The van der Waals surface area contributed by atoms with Crippen LogP contribution in [0.5, 0.6) is 0 Å². The van der Waals surface area contributed by atoms with Crippen molar-refractivity contribution in [1.29, 1.82) is 0 Å². The van der Waals surface area contributed by atoms with Crippen LogP contribution >= 0.6 is 11.8 Å². The van der Waals surface area contributed by atoms with Crippen molar-refractivity contribution in [3.63, 3.8) is 0 Å². The lowest BCUT2D eigenvalue weighted by atomic mass is 10.1. The van der Waals surface area contributed by atoms with E-state index in [0.29, 0.717) is 11.3 Å². The summed E-state index contributed by atoms with van der Waals surface area (Å²) in [5.41, 5.74) is 3.80. The topological polar surface area (TPSA) is 37.3 Å². The molecule has 0 aliphatic carbocycles. The quantitative estimate of drug-likeness (QED) is 0.879. The Morgan fingerprint density at radius 1 is 1.14 bits per heavy atom. The van der Waals surface area contributed by atoms with E-state index in [1.165, 1.54) is 22.8 Å². The number of hydrogen-bond donors (Lipinski definition) is 1. The molecule has 2 aromatic carbocycles. The van der Waals surface area contributed by atoms with Gasteiger partial charge in [-0.25, -0.2) is 9.18 Å². The molecule has 1 N–H and O–H groups in total. The predicted octanol–water partition coefficient (Wildman–Crippen LogP) is 4.57. The monoisotopic (exact) mass is 304 g/mol. The Bertz CT molecular complexity index is 648. The minimum absolute atomic E-state index is 0.264. The Balaban J connectivity index is 2.04. The number of aromatic carboxylic acids is 1. The number of halogens is 1. The van der Waals surface area contributed by atoms with Crippen LogP contribution in [0.3, 0.4) is 0 Å². The highest BCUT2D eigenvalue weighted by atomic mass is 32.2. The van der Waals surface area contributed by atoms with E-state index in [1.54, 1.807) is 23.9 Å². The molecule has 110 valence electrons. The first kappa shape index (κ1) is 15.6. The van der Waals surface area contributed by atoms with Gasteiger partial charge in [-0.15, -0.1) is 0 Å². The smallest absolute Gasteiger partial charge is 0.338 e. The van der Waals surface area contributed by atoms with Crippen LogP contribution in [-0.4, -0.2) is 11.1 Å². The van der Waals surface area contributed by atoms with Crippen LogP contribution < -0.4 is 0 Å². The van der Waals surface area contributed by atoms with Crippen molar-refractivity contribution in [3.8, 4) is 0 Å². The zero-order chi connectivity index (χ0) is 15.4. The minimum atomic E-state index is -1.23. The summed E-state index contributed by atoms with van der Waals surface area (Å²) in [4.78, 5) is 10.9. The summed E-state index contributed by atoms with van der Waals surface area (Å²) in [5.74, 6) is -0.620. The van der Waals surface area contributed by atoms with Crippen LogP contribution in [0.2, 0.25) is 0 Å². The summed E-state index contributed by atoms with van der Waals surface area (Å²) in [6, 6.07) is 10.9. The summed E-state index contributed by atoms with van der Waals surface area (Å²) in [5, 5.41) is 8.91. The van der Waals surface area contributed by atoms with E-state index in [9.17, 15) is 9.18 Å². The fourth-order valence-electron chi connectivity index (χ4n) is 2.29. The predicted molar refractivity (Wildman–Crippen MR) is 84.3 cm³/mol. The molecule has 4 heteroatoms. The highest BCUT2D eigenvalue weighted by molar-refractivity contribution is 7.97. The first-order valence-electron chi connectivity index (χ1n) is 6.63. The molecule has 0 fully saturated rings. The van der Waals surface area contributed by atoms with Gasteiger partial charge in [0, 0.05) is 11.5 Å². The van der Waals surface area contributed by atoms with Gasteiger partial charge in [0.25, 0.3) is 0 Å². The molecule has 0 aromatic heterocycles. The van der Waals surface area contributed by atoms with Gasteiger partial charge >= 0.3 is 5.97 Å². The molecule has 0 saturated heterocycles. The fraction of sp³-hybridized carbons (Fsp3) is 0.235. The second-order valence-electron chi connectivity index (χ2n) is 5.07. The average molecular weight is 304 g/mol. The highest BCUT2D eigenvalue weighted by Gasteiger charge is 2.13. The molecule has 2 nitrogen and oxygen atoms in total. The van der Waals surface area contributed by atoms with Gasteiger partial charge in [-0.1, -0.05) is 41.5 Å². The molecule has 0 atom stereocenters. The molecule has 0 spiro atoms.